The Kier molecular flexibility index (Phi) is 8.58. The number of morpholine rings is 1. The molecule has 0 saturated carbocycles. The number of rotatable bonds is 9. The van der Waals surface area contributed by atoms with Crippen LogP contribution < -0.4 is 10.6 Å². The number of ether oxygens (including phenoxy) is 1. The van der Waals surface area contributed by atoms with E-state index in [0.717, 1.165) is 62.3 Å². The lowest BCUT2D eigenvalue weighted by Crippen LogP contribution is -2.39. The Morgan fingerprint density at radius 3 is 2.60 bits per heavy atom. The van der Waals surface area contributed by atoms with Crippen LogP contribution in [-0.4, -0.2) is 60.7 Å². The normalized spacial score (nSPS) is 14.7. The van der Waals surface area contributed by atoms with Gasteiger partial charge in [-0.3, -0.25) is 14.5 Å². The molecule has 2 amide bonds. The molecule has 0 radical (unpaired) electrons. The first-order valence-corrected chi connectivity index (χ1v) is 12.4. The quantitative estimate of drug-likeness (QED) is 0.349. The van der Waals surface area contributed by atoms with E-state index in [1.165, 1.54) is 0 Å². The third-order valence-corrected chi connectivity index (χ3v) is 6.44. The van der Waals surface area contributed by atoms with E-state index in [1.807, 2.05) is 30.5 Å². The summed E-state index contributed by atoms with van der Waals surface area (Å²) in [5.74, 6) is -0.759. The standard InChI is InChI=1S/C27H31ClN4O3/c1-2-32-19-20(21-8-4-6-11-25(21)32)18-24(30-26(33)22-9-3-5-10-23(22)28)27(34)29-12-7-13-31-14-16-35-17-15-31/h3-6,8-11,18-19H,2,7,12-17H2,1H3,(H,29,34)(H,30,33). The smallest absolute Gasteiger partial charge is 0.267 e. The summed E-state index contributed by atoms with van der Waals surface area (Å²) in [4.78, 5) is 28.5. The first kappa shape index (κ1) is 25.0. The van der Waals surface area contributed by atoms with Gasteiger partial charge in [-0.25, -0.2) is 0 Å². The van der Waals surface area contributed by atoms with E-state index < -0.39 is 5.91 Å². The minimum Gasteiger partial charge on any atom is -0.379 e. The van der Waals surface area contributed by atoms with Crippen LogP contribution in [0.4, 0.5) is 0 Å². The molecule has 1 aromatic heterocycles. The van der Waals surface area contributed by atoms with Crippen LogP contribution >= 0.6 is 11.6 Å². The fraction of sp³-hybridized carbons (Fsp3) is 0.333. The molecular weight excluding hydrogens is 464 g/mol. The summed E-state index contributed by atoms with van der Waals surface area (Å²) < 4.78 is 7.50. The maximum absolute atomic E-state index is 13.2. The molecule has 0 atom stereocenters. The summed E-state index contributed by atoms with van der Waals surface area (Å²) in [5.41, 5.74) is 2.43. The molecule has 1 saturated heterocycles. The van der Waals surface area contributed by atoms with Gasteiger partial charge in [-0.15, -0.1) is 0 Å². The van der Waals surface area contributed by atoms with Crippen LogP contribution in [0.15, 0.2) is 60.4 Å². The maximum Gasteiger partial charge on any atom is 0.267 e. The highest BCUT2D eigenvalue weighted by Crippen LogP contribution is 2.24. The van der Waals surface area contributed by atoms with E-state index in [9.17, 15) is 9.59 Å². The molecule has 35 heavy (non-hydrogen) atoms. The Bertz CT molecular complexity index is 1210. The number of fused-ring (bicyclic) bond motifs is 1. The lowest BCUT2D eigenvalue weighted by atomic mass is 10.1. The number of carbonyl (C=O) groups is 2. The van der Waals surface area contributed by atoms with Crippen molar-refractivity contribution in [3.05, 3.63) is 76.6 Å². The van der Waals surface area contributed by atoms with Crippen LogP contribution in [0.2, 0.25) is 5.02 Å². The fourth-order valence-corrected chi connectivity index (χ4v) is 4.45. The molecule has 1 fully saturated rings. The van der Waals surface area contributed by atoms with Crippen molar-refractivity contribution in [2.24, 2.45) is 0 Å². The number of para-hydroxylation sites is 1. The molecule has 8 heteroatoms. The number of halogens is 1. The van der Waals surface area contributed by atoms with Crippen LogP contribution in [-0.2, 0) is 16.1 Å². The number of hydrogen-bond acceptors (Lipinski definition) is 4. The molecule has 0 aliphatic carbocycles. The van der Waals surface area contributed by atoms with Crippen molar-refractivity contribution in [1.82, 2.24) is 20.1 Å². The van der Waals surface area contributed by atoms with Crippen molar-refractivity contribution in [3.8, 4) is 0 Å². The predicted molar refractivity (Wildman–Crippen MR) is 139 cm³/mol. The Morgan fingerprint density at radius 2 is 1.83 bits per heavy atom. The molecular formula is C27H31ClN4O3. The van der Waals surface area contributed by atoms with Gasteiger partial charge in [-0.2, -0.15) is 0 Å². The first-order valence-electron chi connectivity index (χ1n) is 12.0. The molecule has 2 aromatic carbocycles. The third-order valence-electron chi connectivity index (χ3n) is 6.11. The SMILES string of the molecule is CCn1cc(C=C(NC(=O)c2ccccc2Cl)C(=O)NCCCN2CCOCC2)c2ccccc21. The highest BCUT2D eigenvalue weighted by molar-refractivity contribution is 6.34. The number of aromatic nitrogens is 1. The van der Waals surface area contributed by atoms with Gasteiger partial charge in [0.05, 0.1) is 23.8 Å². The van der Waals surface area contributed by atoms with Crippen molar-refractivity contribution < 1.29 is 14.3 Å². The molecule has 3 aromatic rings. The van der Waals surface area contributed by atoms with Crippen LogP contribution in [0.3, 0.4) is 0 Å². The van der Waals surface area contributed by atoms with E-state index >= 15 is 0 Å². The monoisotopic (exact) mass is 494 g/mol. The topological polar surface area (TPSA) is 75.6 Å². The molecule has 1 aliphatic rings. The van der Waals surface area contributed by atoms with Crippen molar-refractivity contribution in [1.29, 1.82) is 0 Å². The molecule has 1 aliphatic heterocycles. The van der Waals surface area contributed by atoms with Gasteiger partial charge in [0.25, 0.3) is 11.8 Å². The number of amides is 2. The Hall–Kier alpha value is -3.13. The first-order chi connectivity index (χ1) is 17.1. The van der Waals surface area contributed by atoms with E-state index in [4.69, 9.17) is 16.3 Å². The van der Waals surface area contributed by atoms with E-state index in [-0.39, 0.29) is 11.6 Å². The molecule has 2 heterocycles. The van der Waals surface area contributed by atoms with Gasteiger partial charge in [0.1, 0.15) is 5.70 Å². The second-order valence-electron chi connectivity index (χ2n) is 8.44. The van der Waals surface area contributed by atoms with Gasteiger partial charge in [0.2, 0.25) is 0 Å². The minimum atomic E-state index is -0.426. The lowest BCUT2D eigenvalue weighted by Gasteiger charge is -2.26. The van der Waals surface area contributed by atoms with Crippen LogP contribution in [0, 0.1) is 0 Å². The fourth-order valence-electron chi connectivity index (χ4n) is 4.23. The largest absolute Gasteiger partial charge is 0.379 e. The average Bonchev–Trinajstić information content (AvgIpc) is 3.24. The van der Waals surface area contributed by atoms with Gasteiger partial charge >= 0.3 is 0 Å². The van der Waals surface area contributed by atoms with Gasteiger partial charge in [-0.1, -0.05) is 41.9 Å². The van der Waals surface area contributed by atoms with Crippen LogP contribution in [0.25, 0.3) is 17.0 Å². The number of hydrogen-bond donors (Lipinski definition) is 2. The summed E-state index contributed by atoms with van der Waals surface area (Å²) in [6.45, 7) is 7.58. The van der Waals surface area contributed by atoms with Crippen LogP contribution in [0.1, 0.15) is 29.3 Å². The number of carbonyl (C=O) groups excluding carboxylic acids is 2. The predicted octanol–water partition coefficient (Wildman–Crippen LogP) is 3.92. The zero-order valence-corrected chi connectivity index (χ0v) is 20.7. The van der Waals surface area contributed by atoms with Crippen LogP contribution in [0.5, 0.6) is 0 Å². The van der Waals surface area contributed by atoms with Gasteiger partial charge in [0.15, 0.2) is 0 Å². The molecule has 7 nitrogen and oxygen atoms in total. The second kappa shape index (κ2) is 12.0. The highest BCUT2D eigenvalue weighted by Gasteiger charge is 2.18. The number of aryl methyl sites for hydroxylation is 1. The van der Waals surface area contributed by atoms with Crippen molar-refractivity contribution in [2.45, 2.75) is 19.9 Å². The summed E-state index contributed by atoms with van der Waals surface area (Å²) in [6.07, 6.45) is 4.55. The van der Waals surface area contributed by atoms with E-state index in [1.54, 1.807) is 30.3 Å². The van der Waals surface area contributed by atoms with Crippen molar-refractivity contribution in [2.75, 3.05) is 39.4 Å². The number of nitrogens with zero attached hydrogens (tertiary/aromatic N) is 2. The molecule has 4 rings (SSSR count). The maximum atomic E-state index is 13.2. The summed E-state index contributed by atoms with van der Waals surface area (Å²) in [7, 11) is 0. The van der Waals surface area contributed by atoms with E-state index in [0.29, 0.717) is 17.1 Å². The van der Waals surface area contributed by atoms with Crippen molar-refractivity contribution >= 4 is 40.4 Å². The number of benzene rings is 2. The Morgan fingerprint density at radius 1 is 1.09 bits per heavy atom. The second-order valence-corrected chi connectivity index (χ2v) is 8.85. The molecule has 0 unspecified atom stereocenters. The highest BCUT2D eigenvalue weighted by atomic mass is 35.5. The van der Waals surface area contributed by atoms with E-state index in [2.05, 4.69) is 27.0 Å². The zero-order valence-electron chi connectivity index (χ0n) is 19.9. The molecule has 184 valence electrons. The molecule has 0 spiro atoms. The average molecular weight is 495 g/mol. The zero-order chi connectivity index (χ0) is 24.6. The van der Waals surface area contributed by atoms with Crippen molar-refractivity contribution in [3.63, 3.8) is 0 Å². The van der Waals surface area contributed by atoms with Gasteiger partial charge in [-0.05, 0) is 44.2 Å². The van der Waals surface area contributed by atoms with Gasteiger partial charge in [0, 0.05) is 48.8 Å². The molecule has 2 N–H and O–H groups in total. The Labute approximate surface area is 210 Å². The summed E-state index contributed by atoms with van der Waals surface area (Å²) >= 11 is 6.22. The minimum absolute atomic E-state index is 0.181. The Balaban J connectivity index is 1.54. The molecule has 0 bridgehead atoms. The lowest BCUT2D eigenvalue weighted by molar-refractivity contribution is -0.117. The summed E-state index contributed by atoms with van der Waals surface area (Å²) in [5, 5.41) is 7.10. The number of nitrogens with one attached hydrogen (secondary N) is 2. The van der Waals surface area contributed by atoms with Gasteiger partial charge < -0.3 is 19.9 Å². The third kappa shape index (κ3) is 6.31. The summed E-state index contributed by atoms with van der Waals surface area (Å²) in [6, 6.07) is 14.8.